The van der Waals surface area contributed by atoms with Crippen LogP contribution in [0.25, 0.3) is 0 Å². The molecule has 0 saturated heterocycles. The van der Waals surface area contributed by atoms with Crippen LogP contribution in [-0.4, -0.2) is 22.3 Å². The molecule has 0 aromatic carbocycles. The molecule has 1 atom stereocenters. The maximum absolute atomic E-state index is 11.2. The fourth-order valence-electron chi connectivity index (χ4n) is 1.00. The number of urea groups is 1. The molecule has 2 N–H and O–H groups in total. The van der Waals surface area contributed by atoms with Gasteiger partial charge in [0.25, 0.3) is 0 Å². The zero-order valence-electron chi connectivity index (χ0n) is 9.62. The molecule has 0 spiro atoms. The van der Waals surface area contributed by atoms with Crippen LogP contribution in [-0.2, 0) is 17.8 Å². The number of alkyl halides is 1. The third kappa shape index (κ3) is 4.44. The topological polar surface area (TPSA) is 84.2 Å². The number of aromatic nitrogens is 1. The highest BCUT2D eigenvalue weighted by atomic mass is 35.5. The van der Waals surface area contributed by atoms with E-state index in [2.05, 4.69) is 15.6 Å². The summed E-state index contributed by atoms with van der Waals surface area (Å²) in [6.07, 6.45) is 2.34. The number of amides is 3. The summed E-state index contributed by atoms with van der Waals surface area (Å²) in [5.74, 6) is 0.585. The normalized spacial score (nSPS) is 11.9. The van der Waals surface area contributed by atoms with Crippen LogP contribution < -0.4 is 10.6 Å². The first-order chi connectivity index (χ1) is 8.02. The quantitative estimate of drug-likeness (QED) is 0.796. The third-order valence-corrected chi connectivity index (χ3v) is 2.15. The van der Waals surface area contributed by atoms with Crippen LogP contribution in [0.5, 0.6) is 0 Å². The number of oxazole rings is 1. The zero-order chi connectivity index (χ0) is 12.8. The number of nitrogens with zero attached hydrogens (tertiary/aromatic N) is 1. The Kier molecular flexibility index (Phi) is 4.96. The average Bonchev–Trinajstić information content (AvgIpc) is 2.74. The van der Waals surface area contributed by atoms with Crippen LogP contribution in [0.4, 0.5) is 4.79 Å². The first-order valence-corrected chi connectivity index (χ1v) is 5.63. The number of nitrogens with one attached hydrogen (secondary N) is 2. The summed E-state index contributed by atoms with van der Waals surface area (Å²) in [6, 6.07) is -0.626. The lowest BCUT2D eigenvalue weighted by Gasteiger charge is -2.05. The van der Waals surface area contributed by atoms with Crippen molar-refractivity contribution in [2.24, 2.45) is 0 Å². The smallest absolute Gasteiger partial charge is 0.321 e. The summed E-state index contributed by atoms with van der Waals surface area (Å²) in [6.45, 7) is 3.53. The number of hydrogen-bond acceptors (Lipinski definition) is 4. The first kappa shape index (κ1) is 13.5. The third-order valence-electron chi connectivity index (χ3n) is 1.95. The van der Waals surface area contributed by atoms with Gasteiger partial charge in [-0.05, 0) is 6.92 Å². The fraction of sp³-hybridized carbons (Fsp3) is 0.500. The molecule has 1 unspecified atom stereocenters. The second kappa shape index (κ2) is 6.24. The molecule has 94 valence electrons. The Hall–Kier alpha value is -1.56. The molecule has 0 bridgehead atoms. The van der Waals surface area contributed by atoms with E-state index in [1.807, 2.05) is 6.92 Å². The summed E-state index contributed by atoms with van der Waals surface area (Å²) < 4.78 is 5.27. The standard InChI is InChI=1S/C10H14ClN3O3/c1-3-7-4-12-8(17-7)5-13-10(16)14-9(15)6(2)11/h4,6H,3,5H2,1-2H3,(H2,13,14,15,16). The zero-order valence-corrected chi connectivity index (χ0v) is 10.4. The molecule has 17 heavy (non-hydrogen) atoms. The van der Waals surface area contributed by atoms with E-state index in [9.17, 15) is 9.59 Å². The predicted octanol–water partition coefficient (Wildman–Crippen LogP) is 1.19. The minimum atomic E-state index is -0.755. The van der Waals surface area contributed by atoms with E-state index in [0.717, 1.165) is 12.2 Å². The van der Waals surface area contributed by atoms with E-state index in [1.54, 1.807) is 6.20 Å². The van der Waals surface area contributed by atoms with Crippen LogP contribution in [0.1, 0.15) is 25.5 Å². The second-order valence-electron chi connectivity index (χ2n) is 3.36. The number of carbonyl (C=O) groups excluding carboxylic acids is 2. The van der Waals surface area contributed by atoms with Gasteiger partial charge >= 0.3 is 6.03 Å². The van der Waals surface area contributed by atoms with Crippen LogP contribution in [0.2, 0.25) is 0 Å². The molecule has 0 radical (unpaired) electrons. The largest absolute Gasteiger partial charge is 0.444 e. The fourth-order valence-corrected chi connectivity index (χ4v) is 1.06. The van der Waals surface area contributed by atoms with Gasteiger partial charge < -0.3 is 9.73 Å². The molecular weight excluding hydrogens is 246 g/mol. The lowest BCUT2D eigenvalue weighted by Crippen LogP contribution is -2.41. The molecule has 0 aliphatic carbocycles. The highest BCUT2D eigenvalue weighted by molar-refractivity contribution is 6.31. The van der Waals surface area contributed by atoms with E-state index in [-0.39, 0.29) is 6.54 Å². The maximum atomic E-state index is 11.2. The Morgan fingerprint density at radius 2 is 2.29 bits per heavy atom. The summed E-state index contributed by atoms with van der Waals surface area (Å²) >= 11 is 5.49. The summed E-state index contributed by atoms with van der Waals surface area (Å²) in [4.78, 5) is 26.3. The number of rotatable bonds is 4. The summed E-state index contributed by atoms with van der Waals surface area (Å²) in [7, 11) is 0. The maximum Gasteiger partial charge on any atom is 0.321 e. The number of carbonyl (C=O) groups is 2. The van der Waals surface area contributed by atoms with E-state index >= 15 is 0 Å². The van der Waals surface area contributed by atoms with Crippen molar-refractivity contribution in [3.05, 3.63) is 17.8 Å². The van der Waals surface area contributed by atoms with Crippen LogP contribution >= 0.6 is 11.6 Å². The van der Waals surface area contributed by atoms with Crippen LogP contribution in [0, 0.1) is 0 Å². The molecule has 1 aromatic rings. The highest BCUT2D eigenvalue weighted by Gasteiger charge is 2.13. The molecule has 3 amide bonds. The van der Waals surface area contributed by atoms with Crippen molar-refractivity contribution in [1.82, 2.24) is 15.6 Å². The molecule has 0 aliphatic rings. The van der Waals surface area contributed by atoms with Gasteiger partial charge in [0.05, 0.1) is 12.7 Å². The Labute approximate surface area is 104 Å². The summed E-state index contributed by atoms with van der Waals surface area (Å²) in [5.41, 5.74) is 0. The molecule has 0 fully saturated rings. The molecule has 1 aromatic heterocycles. The molecule has 0 saturated carbocycles. The van der Waals surface area contributed by atoms with Gasteiger partial charge in [-0.15, -0.1) is 11.6 Å². The van der Waals surface area contributed by atoms with Crippen molar-refractivity contribution in [3.8, 4) is 0 Å². The van der Waals surface area contributed by atoms with E-state index < -0.39 is 17.3 Å². The van der Waals surface area contributed by atoms with Crippen LogP contribution in [0.15, 0.2) is 10.6 Å². The number of halogens is 1. The monoisotopic (exact) mass is 259 g/mol. The van der Waals surface area contributed by atoms with E-state index in [0.29, 0.717) is 5.89 Å². The van der Waals surface area contributed by atoms with Crippen molar-refractivity contribution >= 4 is 23.5 Å². The average molecular weight is 260 g/mol. The van der Waals surface area contributed by atoms with Crippen molar-refractivity contribution in [2.75, 3.05) is 0 Å². The minimum absolute atomic E-state index is 0.121. The van der Waals surface area contributed by atoms with Crippen molar-refractivity contribution < 1.29 is 14.0 Å². The molecule has 6 nitrogen and oxygen atoms in total. The van der Waals surface area contributed by atoms with Gasteiger partial charge in [0.15, 0.2) is 0 Å². The number of hydrogen-bond donors (Lipinski definition) is 2. The van der Waals surface area contributed by atoms with Crippen molar-refractivity contribution in [1.29, 1.82) is 0 Å². The van der Waals surface area contributed by atoms with Crippen molar-refractivity contribution in [2.45, 2.75) is 32.2 Å². The Balaban J connectivity index is 2.35. The van der Waals surface area contributed by atoms with Gasteiger partial charge in [0.1, 0.15) is 11.1 Å². The van der Waals surface area contributed by atoms with Gasteiger partial charge in [-0.25, -0.2) is 9.78 Å². The molecule has 7 heteroatoms. The molecular formula is C10H14ClN3O3. The van der Waals surface area contributed by atoms with Gasteiger partial charge in [-0.2, -0.15) is 0 Å². The highest BCUT2D eigenvalue weighted by Crippen LogP contribution is 2.03. The number of aryl methyl sites for hydroxylation is 1. The van der Waals surface area contributed by atoms with E-state index in [4.69, 9.17) is 16.0 Å². The summed E-state index contributed by atoms with van der Waals surface area (Å²) in [5, 5.41) is 3.76. The first-order valence-electron chi connectivity index (χ1n) is 5.19. The van der Waals surface area contributed by atoms with Gasteiger partial charge in [0, 0.05) is 6.42 Å². The SMILES string of the molecule is CCc1cnc(CNC(=O)NC(=O)C(C)Cl)o1. The van der Waals surface area contributed by atoms with Gasteiger partial charge in [-0.1, -0.05) is 6.92 Å². The molecule has 0 aliphatic heterocycles. The Morgan fingerprint density at radius 1 is 1.59 bits per heavy atom. The lowest BCUT2D eigenvalue weighted by atomic mass is 10.4. The Bertz CT molecular complexity index is 403. The molecule has 1 rings (SSSR count). The van der Waals surface area contributed by atoms with Gasteiger partial charge in [0.2, 0.25) is 11.8 Å². The van der Waals surface area contributed by atoms with Crippen molar-refractivity contribution in [3.63, 3.8) is 0 Å². The minimum Gasteiger partial charge on any atom is -0.444 e. The van der Waals surface area contributed by atoms with Gasteiger partial charge in [-0.3, -0.25) is 10.1 Å². The number of imide groups is 1. The second-order valence-corrected chi connectivity index (χ2v) is 4.02. The Morgan fingerprint density at radius 3 is 2.82 bits per heavy atom. The predicted molar refractivity (Wildman–Crippen MR) is 61.6 cm³/mol. The van der Waals surface area contributed by atoms with Crippen LogP contribution in [0.3, 0.4) is 0 Å². The lowest BCUT2D eigenvalue weighted by molar-refractivity contribution is -0.119. The molecule has 1 heterocycles. The van der Waals surface area contributed by atoms with E-state index in [1.165, 1.54) is 6.92 Å².